The van der Waals surface area contributed by atoms with Crippen LogP contribution in [0.2, 0.25) is 0 Å². The van der Waals surface area contributed by atoms with E-state index >= 15 is 0 Å². The van der Waals surface area contributed by atoms with Crippen molar-refractivity contribution >= 4 is 33.3 Å². The van der Waals surface area contributed by atoms with E-state index in [0.717, 1.165) is 0 Å². The Morgan fingerprint density at radius 3 is 2.38 bits per heavy atom. The van der Waals surface area contributed by atoms with Gasteiger partial charge in [-0.3, -0.25) is 9.10 Å². The van der Waals surface area contributed by atoms with Crippen molar-refractivity contribution < 1.29 is 22.7 Å². The molecule has 0 unspecified atom stereocenters. The molecule has 0 heterocycles. The molecule has 0 aliphatic carbocycles. The first kappa shape index (κ1) is 24.2. The third kappa shape index (κ3) is 5.88. The molecule has 1 N–H and O–H groups in total. The molecule has 0 saturated heterocycles. The van der Waals surface area contributed by atoms with Crippen molar-refractivity contribution in [3.8, 4) is 6.07 Å². The Kier molecular flexibility index (Phi) is 7.79. The highest BCUT2D eigenvalue weighted by Gasteiger charge is 2.25. The molecule has 8 nitrogen and oxygen atoms in total. The number of anilines is 2. The lowest BCUT2D eigenvalue weighted by molar-refractivity contribution is -0.119. The molecule has 3 rings (SSSR count). The number of nitrogens with zero attached hydrogens (tertiary/aromatic N) is 2. The number of carbonyl (C=O) groups is 2. The lowest BCUT2D eigenvalue weighted by Gasteiger charge is -2.23. The minimum absolute atomic E-state index is 0.0149. The van der Waals surface area contributed by atoms with Gasteiger partial charge in [-0.05, 0) is 54.6 Å². The monoisotopic (exact) mass is 475 g/mol. The Balaban J connectivity index is 1.71. The lowest BCUT2D eigenvalue weighted by Crippen LogP contribution is -2.31. The number of hydrogen-bond acceptors (Lipinski definition) is 6. The van der Waals surface area contributed by atoms with E-state index in [-0.39, 0.29) is 17.0 Å². The Labute approximate surface area is 197 Å². The average molecular weight is 476 g/mol. The second-order valence-electron chi connectivity index (χ2n) is 7.00. The molecule has 0 aliphatic rings. The van der Waals surface area contributed by atoms with Crippen molar-refractivity contribution in [3.05, 3.63) is 103 Å². The zero-order chi connectivity index (χ0) is 24.6. The SMILES string of the molecule is C=CCN(c1ccccc1)S(=O)(=O)c1cccc(C(=O)OCC(=O)Nc2ccc(C#N)cc2)c1. The number of amides is 1. The van der Waals surface area contributed by atoms with Gasteiger partial charge in [-0.1, -0.05) is 30.3 Å². The fourth-order valence-electron chi connectivity index (χ4n) is 3.00. The number of para-hydroxylation sites is 1. The standard InChI is InChI=1S/C25H21N3O5S/c1-2-15-28(22-8-4-3-5-9-22)34(31,32)23-10-6-7-20(16-23)25(30)33-18-24(29)27-21-13-11-19(17-26)12-14-21/h2-14,16H,1,15,18H2,(H,27,29). The lowest BCUT2D eigenvalue weighted by atomic mass is 10.2. The van der Waals surface area contributed by atoms with E-state index in [0.29, 0.717) is 16.9 Å². The molecular formula is C25H21N3O5S. The maximum Gasteiger partial charge on any atom is 0.338 e. The number of nitrogens with one attached hydrogen (secondary N) is 1. The van der Waals surface area contributed by atoms with Crippen molar-refractivity contribution in [2.75, 3.05) is 22.8 Å². The second-order valence-corrected chi connectivity index (χ2v) is 8.86. The number of ether oxygens (including phenoxy) is 1. The zero-order valence-corrected chi connectivity index (χ0v) is 18.9. The smallest absolute Gasteiger partial charge is 0.338 e. The summed E-state index contributed by atoms with van der Waals surface area (Å²) in [5.41, 5.74) is 1.32. The van der Waals surface area contributed by atoms with Gasteiger partial charge in [0.25, 0.3) is 15.9 Å². The van der Waals surface area contributed by atoms with Crippen LogP contribution >= 0.6 is 0 Å². The summed E-state index contributed by atoms with van der Waals surface area (Å²) < 4.78 is 32.7. The summed E-state index contributed by atoms with van der Waals surface area (Å²) in [4.78, 5) is 24.4. The van der Waals surface area contributed by atoms with Crippen LogP contribution in [-0.4, -0.2) is 33.4 Å². The summed E-state index contributed by atoms with van der Waals surface area (Å²) in [6, 6.07) is 22.1. The van der Waals surface area contributed by atoms with Gasteiger partial charge in [0.15, 0.2) is 6.61 Å². The van der Waals surface area contributed by atoms with Gasteiger partial charge < -0.3 is 10.1 Å². The molecule has 0 bridgehead atoms. The van der Waals surface area contributed by atoms with Crippen LogP contribution in [0.5, 0.6) is 0 Å². The molecule has 34 heavy (non-hydrogen) atoms. The minimum atomic E-state index is -4.00. The Hall–Kier alpha value is -4.42. The fourth-order valence-corrected chi connectivity index (χ4v) is 4.49. The molecule has 1 amide bonds. The third-order valence-electron chi connectivity index (χ3n) is 4.63. The summed E-state index contributed by atoms with van der Waals surface area (Å²) in [6.45, 7) is 3.10. The summed E-state index contributed by atoms with van der Waals surface area (Å²) >= 11 is 0. The van der Waals surface area contributed by atoms with Crippen molar-refractivity contribution in [1.82, 2.24) is 0 Å². The predicted molar refractivity (Wildman–Crippen MR) is 128 cm³/mol. The minimum Gasteiger partial charge on any atom is -0.452 e. The van der Waals surface area contributed by atoms with Crippen molar-refractivity contribution in [2.24, 2.45) is 0 Å². The fraction of sp³-hybridized carbons (Fsp3) is 0.0800. The maximum atomic E-state index is 13.3. The maximum absolute atomic E-state index is 13.3. The van der Waals surface area contributed by atoms with E-state index in [9.17, 15) is 18.0 Å². The normalized spacial score (nSPS) is 10.6. The number of hydrogen-bond donors (Lipinski definition) is 1. The van der Waals surface area contributed by atoms with E-state index in [1.165, 1.54) is 34.6 Å². The highest BCUT2D eigenvalue weighted by atomic mass is 32.2. The number of esters is 1. The molecule has 3 aromatic carbocycles. The van der Waals surface area contributed by atoms with Gasteiger partial charge in [-0.2, -0.15) is 5.26 Å². The van der Waals surface area contributed by atoms with Gasteiger partial charge >= 0.3 is 5.97 Å². The molecule has 0 saturated carbocycles. The average Bonchev–Trinajstić information content (AvgIpc) is 2.86. The summed E-state index contributed by atoms with van der Waals surface area (Å²) in [7, 11) is -4.00. The van der Waals surface area contributed by atoms with Crippen LogP contribution in [0.1, 0.15) is 15.9 Å². The van der Waals surface area contributed by atoms with Crippen LogP contribution in [0.4, 0.5) is 11.4 Å². The van der Waals surface area contributed by atoms with Gasteiger partial charge in [0, 0.05) is 5.69 Å². The van der Waals surface area contributed by atoms with E-state index in [1.54, 1.807) is 54.6 Å². The van der Waals surface area contributed by atoms with Crippen molar-refractivity contribution in [2.45, 2.75) is 4.90 Å². The van der Waals surface area contributed by atoms with Gasteiger partial charge in [0.05, 0.1) is 34.3 Å². The third-order valence-corrected chi connectivity index (χ3v) is 6.42. The first-order valence-electron chi connectivity index (χ1n) is 10.1. The number of carbonyl (C=O) groups excluding carboxylic acids is 2. The van der Waals surface area contributed by atoms with E-state index < -0.39 is 28.5 Å². The van der Waals surface area contributed by atoms with Crippen molar-refractivity contribution in [1.29, 1.82) is 5.26 Å². The molecule has 0 atom stereocenters. The highest BCUT2D eigenvalue weighted by molar-refractivity contribution is 7.92. The molecule has 0 aromatic heterocycles. The molecule has 3 aromatic rings. The van der Waals surface area contributed by atoms with Crippen LogP contribution in [-0.2, 0) is 19.6 Å². The first-order chi connectivity index (χ1) is 16.3. The van der Waals surface area contributed by atoms with Crippen LogP contribution in [0.15, 0.2) is 96.4 Å². The first-order valence-corrected chi connectivity index (χ1v) is 11.5. The molecule has 0 fully saturated rings. The molecule has 0 spiro atoms. The highest BCUT2D eigenvalue weighted by Crippen LogP contribution is 2.24. The summed E-state index contributed by atoms with van der Waals surface area (Å²) in [6.07, 6.45) is 1.47. The van der Waals surface area contributed by atoms with Gasteiger partial charge in [0.2, 0.25) is 0 Å². The van der Waals surface area contributed by atoms with E-state index in [4.69, 9.17) is 10.00 Å². The Bertz CT molecular complexity index is 1330. The largest absolute Gasteiger partial charge is 0.452 e. The Morgan fingerprint density at radius 2 is 1.74 bits per heavy atom. The number of rotatable bonds is 9. The van der Waals surface area contributed by atoms with Crippen LogP contribution in [0.3, 0.4) is 0 Å². The quantitative estimate of drug-likeness (QED) is 0.372. The molecular weight excluding hydrogens is 454 g/mol. The van der Waals surface area contributed by atoms with Crippen LogP contribution in [0, 0.1) is 11.3 Å². The molecule has 0 aliphatic heterocycles. The number of nitriles is 1. The van der Waals surface area contributed by atoms with Gasteiger partial charge in [-0.15, -0.1) is 6.58 Å². The van der Waals surface area contributed by atoms with E-state index in [1.807, 2.05) is 6.07 Å². The number of sulfonamides is 1. The van der Waals surface area contributed by atoms with Crippen molar-refractivity contribution in [3.63, 3.8) is 0 Å². The number of benzene rings is 3. The topological polar surface area (TPSA) is 117 Å². The molecule has 9 heteroatoms. The van der Waals surface area contributed by atoms with Crippen LogP contribution in [0.25, 0.3) is 0 Å². The molecule has 0 radical (unpaired) electrons. The van der Waals surface area contributed by atoms with Crippen LogP contribution < -0.4 is 9.62 Å². The molecule has 172 valence electrons. The van der Waals surface area contributed by atoms with Gasteiger partial charge in [-0.25, -0.2) is 13.2 Å². The van der Waals surface area contributed by atoms with E-state index in [2.05, 4.69) is 11.9 Å². The second kappa shape index (κ2) is 10.9. The van der Waals surface area contributed by atoms with Gasteiger partial charge in [0.1, 0.15) is 0 Å². The summed E-state index contributed by atoms with van der Waals surface area (Å²) in [5, 5.41) is 11.4. The Morgan fingerprint density at radius 1 is 1.03 bits per heavy atom. The zero-order valence-electron chi connectivity index (χ0n) is 18.0. The summed E-state index contributed by atoms with van der Waals surface area (Å²) in [5.74, 6) is -1.43. The predicted octanol–water partition coefficient (Wildman–Crippen LogP) is 3.74.